The molecule has 2 aliphatic heterocycles. The summed E-state index contributed by atoms with van der Waals surface area (Å²) in [7, 11) is 1.25. The number of hydrogen-bond acceptors (Lipinski definition) is 9. The van der Waals surface area contributed by atoms with E-state index >= 15 is 0 Å². The summed E-state index contributed by atoms with van der Waals surface area (Å²) in [5.74, 6) is -2.38. The number of β-lactam (4-membered cyclic amide) rings is 1. The molecular formula is C16H17ClN4O8S. The predicted octanol–water partition coefficient (Wildman–Crippen LogP) is -0.114. The lowest BCUT2D eigenvalue weighted by atomic mass is 10.0. The summed E-state index contributed by atoms with van der Waals surface area (Å²) in [4.78, 5) is 53.3. The number of carboxylic acids is 1. The van der Waals surface area contributed by atoms with Gasteiger partial charge in [-0.15, -0.1) is 24.2 Å². The second-order valence-corrected chi connectivity index (χ2v) is 6.93. The van der Waals surface area contributed by atoms with E-state index in [0.717, 1.165) is 4.90 Å². The predicted molar refractivity (Wildman–Crippen MR) is 105 cm³/mol. The molecule has 0 bridgehead atoms. The Labute approximate surface area is 179 Å². The van der Waals surface area contributed by atoms with Crippen LogP contribution in [0.2, 0.25) is 0 Å². The zero-order chi connectivity index (χ0) is 21.1. The Morgan fingerprint density at radius 1 is 1.47 bits per heavy atom. The van der Waals surface area contributed by atoms with Gasteiger partial charge in [0.15, 0.2) is 5.76 Å². The Morgan fingerprint density at radius 2 is 2.20 bits per heavy atom. The average Bonchev–Trinajstić information content (AvgIpc) is 3.21. The van der Waals surface area contributed by atoms with Gasteiger partial charge in [-0.05, 0) is 12.1 Å². The third-order valence-electron chi connectivity index (χ3n) is 4.08. The van der Waals surface area contributed by atoms with Gasteiger partial charge < -0.3 is 30.1 Å². The fourth-order valence-corrected chi connectivity index (χ4v) is 4.19. The minimum Gasteiger partial charge on any atom is -0.477 e. The normalized spacial score (nSPS) is 20.5. The lowest BCUT2D eigenvalue weighted by Crippen LogP contribution is -2.71. The van der Waals surface area contributed by atoms with Crippen LogP contribution in [0.25, 0.3) is 0 Å². The molecule has 3 rings (SSSR count). The van der Waals surface area contributed by atoms with E-state index < -0.39 is 35.3 Å². The number of halogens is 1. The van der Waals surface area contributed by atoms with Crippen LogP contribution in [0.3, 0.4) is 0 Å². The van der Waals surface area contributed by atoms with Gasteiger partial charge >= 0.3 is 12.1 Å². The SMILES string of the molecule is CO/N=C(\C(=O)N[C@@H]1C(=O)N2C(C(=O)O)=C(COC(N)=O)CS[C@H]12)c1ccco1.Cl. The third-order valence-corrected chi connectivity index (χ3v) is 5.42. The molecule has 3 heterocycles. The van der Waals surface area contributed by atoms with Gasteiger partial charge in [0.2, 0.25) is 5.71 Å². The maximum absolute atomic E-state index is 12.6. The Balaban J connectivity index is 0.00000320. The molecule has 0 unspecified atom stereocenters. The van der Waals surface area contributed by atoms with Gasteiger partial charge in [0.05, 0.1) is 6.26 Å². The highest BCUT2D eigenvalue weighted by atomic mass is 35.5. The van der Waals surface area contributed by atoms with E-state index in [9.17, 15) is 24.3 Å². The smallest absolute Gasteiger partial charge is 0.404 e. The molecule has 12 nitrogen and oxygen atoms in total. The van der Waals surface area contributed by atoms with Crippen LogP contribution in [0.1, 0.15) is 5.76 Å². The zero-order valence-electron chi connectivity index (χ0n) is 15.4. The van der Waals surface area contributed by atoms with E-state index in [-0.39, 0.29) is 47.5 Å². The molecular weight excluding hydrogens is 444 g/mol. The van der Waals surface area contributed by atoms with E-state index in [1.807, 2.05) is 0 Å². The molecule has 162 valence electrons. The number of nitrogens with one attached hydrogen (secondary N) is 1. The Kier molecular flexibility index (Phi) is 7.34. The first kappa shape index (κ1) is 23.1. The van der Waals surface area contributed by atoms with Gasteiger partial charge in [-0.25, -0.2) is 9.59 Å². The van der Waals surface area contributed by atoms with Crippen LogP contribution in [0.15, 0.2) is 39.2 Å². The zero-order valence-corrected chi connectivity index (χ0v) is 17.0. The van der Waals surface area contributed by atoms with Crippen LogP contribution in [0.4, 0.5) is 4.79 Å². The molecule has 2 aliphatic rings. The fraction of sp³-hybridized carbons (Fsp3) is 0.312. The summed E-state index contributed by atoms with van der Waals surface area (Å²) in [5.41, 5.74) is 4.68. The fourth-order valence-electron chi connectivity index (χ4n) is 2.87. The lowest BCUT2D eigenvalue weighted by Gasteiger charge is -2.49. The number of hydrogen-bond donors (Lipinski definition) is 3. The number of rotatable bonds is 7. The molecule has 30 heavy (non-hydrogen) atoms. The molecule has 1 saturated heterocycles. The quantitative estimate of drug-likeness (QED) is 0.284. The maximum atomic E-state index is 12.6. The summed E-state index contributed by atoms with van der Waals surface area (Å²) in [5, 5.41) is 15.0. The topological polar surface area (TPSA) is 174 Å². The molecule has 14 heteroatoms. The molecule has 4 N–H and O–H groups in total. The Bertz CT molecular complexity index is 916. The average molecular weight is 461 g/mol. The number of amides is 3. The Morgan fingerprint density at radius 3 is 2.77 bits per heavy atom. The first-order valence-electron chi connectivity index (χ1n) is 8.13. The monoisotopic (exact) mass is 460 g/mol. The standard InChI is InChI=1S/C16H16N4O8S.ClH/c1-26-19-9(8-3-2-4-27-8)12(21)18-10-13(22)20-11(15(23)24)7(5-28-16(17)25)6-29-14(10)20;/h2-4,10,14H,5-6H2,1H3,(H2,17,25)(H,18,21)(H,23,24);1H/b19-9-;/t10-,14-;/m1./s1. The molecule has 0 aromatic carbocycles. The number of aliphatic carboxylic acids is 1. The van der Waals surface area contributed by atoms with Gasteiger partial charge in [0.25, 0.3) is 11.8 Å². The van der Waals surface area contributed by atoms with Crippen LogP contribution in [-0.4, -0.2) is 70.5 Å². The summed E-state index contributed by atoms with van der Waals surface area (Å²) < 4.78 is 9.79. The van der Waals surface area contributed by atoms with Gasteiger partial charge in [-0.3, -0.25) is 14.5 Å². The highest BCUT2D eigenvalue weighted by Crippen LogP contribution is 2.40. The number of oxime groups is 1. The van der Waals surface area contributed by atoms with Crippen molar-refractivity contribution in [1.29, 1.82) is 0 Å². The van der Waals surface area contributed by atoms with Crippen molar-refractivity contribution in [2.45, 2.75) is 11.4 Å². The molecule has 3 amide bonds. The van der Waals surface area contributed by atoms with Crippen LogP contribution in [0, 0.1) is 0 Å². The molecule has 0 saturated carbocycles. The number of furan rings is 1. The summed E-state index contributed by atoms with van der Waals surface area (Å²) in [6.45, 7) is -0.347. The highest BCUT2D eigenvalue weighted by Gasteiger charge is 2.54. The van der Waals surface area contributed by atoms with E-state index in [1.165, 1.54) is 31.2 Å². The third kappa shape index (κ3) is 4.36. The van der Waals surface area contributed by atoms with Crippen molar-refractivity contribution < 1.29 is 38.3 Å². The molecule has 1 aromatic heterocycles. The number of carbonyl (C=O) groups is 4. The summed E-state index contributed by atoms with van der Waals surface area (Å²) >= 11 is 1.21. The molecule has 1 fully saturated rings. The number of fused-ring (bicyclic) bond motifs is 1. The van der Waals surface area contributed by atoms with Crippen molar-refractivity contribution in [2.75, 3.05) is 19.5 Å². The molecule has 0 aliphatic carbocycles. The number of thioether (sulfide) groups is 1. The van der Waals surface area contributed by atoms with Crippen LogP contribution < -0.4 is 11.1 Å². The number of nitrogens with zero attached hydrogens (tertiary/aromatic N) is 2. The van der Waals surface area contributed by atoms with Gasteiger partial charge in [0.1, 0.15) is 30.8 Å². The number of carbonyl (C=O) groups excluding carboxylic acids is 3. The van der Waals surface area contributed by atoms with Crippen LogP contribution in [-0.2, 0) is 24.0 Å². The van der Waals surface area contributed by atoms with E-state index in [0.29, 0.717) is 0 Å². The second kappa shape index (κ2) is 9.54. The van der Waals surface area contributed by atoms with E-state index in [1.54, 1.807) is 6.07 Å². The van der Waals surface area contributed by atoms with Crippen molar-refractivity contribution in [2.24, 2.45) is 10.9 Å². The summed E-state index contributed by atoms with van der Waals surface area (Å²) in [6.07, 6.45) is 0.290. The van der Waals surface area contributed by atoms with Crippen LogP contribution >= 0.6 is 24.2 Å². The second-order valence-electron chi connectivity index (χ2n) is 5.83. The van der Waals surface area contributed by atoms with Crippen molar-refractivity contribution in [3.05, 3.63) is 35.4 Å². The first-order chi connectivity index (χ1) is 13.8. The van der Waals surface area contributed by atoms with Gasteiger partial charge in [-0.1, -0.05) is 5.16 Å². The van der Waals surface area contributed by atoms with Crippen molar-refractivity contribution in [1.82, 2.24) is 10.2 Å². The van der Waals surface area contributed by atoms with Gasteiger partial charge in [-0.2, -0.15) is 0 Å². The Hall–Kier alpha value is -3.19. The van der Waals surface area contributed by atoms with Gasteiger partial charge in [0, 0.05) is 11.3 Å². The molecule has 1 aromatic rings. The molecule has 2 atom stereocenters. The van der Waals surface area contributed by atoms with E-state index in [4.69, 9.17) is 10.2 Å². The number of ether oxygens (including phenoxy) is 1. The molecule has 0 radical (unpaired) electrons. The highest BCUT2D eigenvalue weighted by molar-refractivity contribution is 8.00. The maximum Gasteiger partial charge on any atom is 0.404 e. The minimum absolute atomic E-state index is 0. The number of primary amides is 1. The minimum atomic E-state index is -1.35. The van der Waals surface area contributed by atoms with Crippen LogP contribution in [0.5, 0.6) is 0 Å². The van der Waals surface area contributed by atoms with E-state index in [2.05, 4.69) is 20.0 Å². The number of carboxylic acid groups (broad SMARTS) is 1. The lowest BCUT2D eigenvalue weighted by molar-refractivity contribution is -0.150. The summed E-state index contributed by atoms with van der Waals surface area (Å²) in [6, 6.07) is 2.08. The first-order valence-corrected chi connectivity index (χ1v) is 9.18. The van der Waals surface area contributed by atoms with Crippen molar-refractivity contribution in [3.8, 4) is 0 Å². The molecule has 0 spiro atoms. The number of nitrogens with two attached hydrogens (primary N) is 1. The largest absolute Gasteiger partial charge is 0.477 e. The van der Waals surface area contributed by atoms with Crippen molar-refractivity contribution in [3.63, 3.8) is 0 Å². The van der Waals surface area contributed by atoms with Crippen molar-refractivity contribution >= 4 is 53.8 Å².